The summed E-state index contributed by atoms with van der Waals surface area (Å²) in [6.07, 6.45) is 4.98. The third-order valence-corrected chi connectivity index (χ3v) is 4.97. The first kappa shape index (κ1) is 23.9. The Morgan fingerprint density at radius 3 is 2.58 bits per heavy atom. The Balaban J connectivity index is 0.00000338. The van der Waals surface area contributed by atoms with E-state index >= 15 is 0 Å². The first-order valence-electron chi connectivity index (χ1n) is 10.0. The van der Waals surface area contributed by atoms with Gasteiger partial charge in [0.15, 0.2) is 5.96 Å². The minimum atomic E-state index is 0. The summed E-state index contributed by atoms with van der Waals surface area (Å²) < 4.78 is 11.2. The van der Waals surface area contributed by atoms with Crippen LogP contribution in [0.25, 0.3) is 0 Å². The SMILES string of the molecule is CN=C(NCCCOCC1CCCO1)NCCN1CC(C)CC(C)C1.I. The minimum Gasteiger partial charge on any atom is -0.379 e. The Labute approximate surface area is 176 Å². The molecular weight excluding hydrogens is 443 g/mol. The van der Waals surface area contributed by atoms with E-state index in [0.717, 1.165) is 70.1 Å². The molecule has 2 aliphatic heterocycles. The number of ether oxygens (including phenoxy) is 2. The van der Waals surface area contributed by atoms with E-state index in [1.807, 2.05) is 7.05 Å². The van der Waals surface area contributed by atoms with Crippen molar-refractivity contribution in [3.8, 4) is 0 Å². The second-order valence-corrected chi connectivity index (χ2v) is 7.69. The molecule has 2 rings (SSSR count). The summed E-state index contributed by atoms with van der Waals surface area (Å²) in [5, 5.41) is 6.78. The Kier molecular flexibility index (Phi) is 12.8. The topological polar surface area (TPSA) is 58.1 Å². The van der Waals surface area contributed by atoms with Gasteiger partial charge in [-0.1, -0.05) is 13.8 Å². The number of hydrogen-bond acceptors (Lipinski definition) is 4. The van der Waals surface area contributed by atoms with Crippen LogP contribution in [-0.2, 0) is 9.47 Å². The second-order valence-electron chi connectivity index (χ2n) is 7.69. The molecule has 154 valence electrons. The maximum absolute atomic E-state index is 5.68. The fraction of sp³-hybridized carbons (Fsp3) is 0.947. The summed E-state index contributed by atoms with van der Waals surface area (Å²) in [7, 11) is 1.83. The van der Waals surface area contributed by atoms with E-state index < -0.39 is 0 Å². The Morgan fingerprint density at radius 1 is 1.19 bits per heavy atom. The third kappa shape index (κ3) is 9.71. The molecule has 3 atom stereocenters. The molecule has 6 nitrogen and oxygen atoms in total. The molecule has 2 aliphatic rings. The smallest absolute Gasteiger partial charge is 0.191 e. The first-order chi connectivity index (χ1) is 12.2. The summed E-state index contributed by atoms with van der Waals surface area (Å²) in [6.45, 7) is 12.5. The number of halogens is 1. The molecule has 2 saturated heterocycles. The molecule has 2 fully saturated rings. The van der Waals surface area contributed by atoms with Crippen LogP contribution in [-0.4, -0.2) is 76.6 Å². The fourth-order valence-electron chi connectivity index (χ4n) is 3.90. The molecule has 0 radical (unpaired) electrons. The zero-order chi connectivity index (χ0) is 17.9. The Hall–Kier alpha value is -0.120. The predicted molar refractivity (Wildman–Crippen MR) is 119 cm³/mol. The molecule has 2 heterocycles. The van der Waals surface area contributed by atoms with Crippen LogP contribution in [0.15, 0.2) is 4.99 Å². The lowest BCUT2D eigenvalue weighted by Gasteiger charge is -2.35. The van der Waals surface area contributed by atoms with Gasteiger partial charge in [-0.2, -0.15) is 0 Å². The Morgan fingerprint density at radius 2 is 1.92 bits per heavy atom. The largest absolute Gasteiger partial charge is 0.379 e. The number of rotatable bonds is 9. The molecular formula is C19H39IN4O2. The highest BCUT2D eigenvalue weighted by Gasteiger charge is 2.21. The summed E-state index contributed by atoms with van der Waals surface area (Å²) in [4.78, 5) is 6.86. The van der Waals surface area contributed by atoms with Crippen molar-refractivity contribution in [1.82, 2.24) is 15.5 Å². The van der Waals surface area contributed by atoms with E-state index in [0.29, 0.717) is 6.10 Å². The minimum absolute atomic E-state index is 0. The average Bonchev–Trinajstić information content (AvgIpc) is 3.08. The molecule has 0 aromatic carbocycles. The molecule has 7 heteroatoms. The lowest BCUT2D eigenvalue weighted by Crippen LogP contribution is -2.45. The zero-order valence-corrected chi connectivity index (χ0v) is 19.2. The van der Waals surface area contributed by atoms with E-state index in [2.05, 4.69) is 34.4 Å². The van der Waals surface area contributed by atoms with Gasteiger partial charge in [-0.3, -0.25) is 4.99 Å². The average molecular weight is 482 g/mol. The third-order valence-electron chi connectivity index (χ3n) is 4.97. The number of nitrogens with zero attached hydrogens (tertiary/aromatic N) is 2. The van der Waals surface area contributed by atoms with Crippen LogP contribution in [0.1, 0.15) is 39.5 Å². The van der Waals surface area contributed by atoms with Crippen molar-refractivity contribution in [1.29, 1.82) is 0 Å². The van der Waals surface area contributed by atoms with Crippen LogP contribution in [0.4, 0.5) is 0 Å². The summed E-state index contributed by atoms with van der Waals surface area (Å²) in [5.74, 6) is 2.52. The molecule has 0 aromatic heterocycles. The van der Waals surface area contributed by atoms with Gasteiger partial charge in [-0.05, 0) is 37.5 Å². The van der Waals surface area contributed by atoms with Crippen LogP contribution in [0.2, 0.25) is 0 Å². The van der Waals surface area contributed by atoms with Gasteiger partial charge < -0.3 is 25.0 Å². The fourth-order valence-corrected chi connectivity index (χ4v) is 3.90. The quantitative estimate of drug-likeness (QED) is 0.229. The number of hydrogen-bond donors (Lipinski definition) is 2. The van der Waals surface area contributed by atoms with Crippen molar-refractivity contribution in [2.75, 3.05) is 59.6 Å². The molecule has 2 N–H and O–H groups in total. The van der Waals surface area contributed by atoms with E-state index in [9.17, 15) is 0 Å². The van der Waals surface area contributed by atoms with Crippen molar-refractivity contribution in [2.24, 2.45) is 16.8 Å². The van der Waals surface area contributed by atoms with Crippen molar-refractivity contribution < 1.29 is 9.47 Å². The molecule has 0 bridgehead atoms. The molecule has 0 saturated carbocycles. The van der Waals surface area contributed by atoms with Crippen molar-refractivity contribution in [2.45, 2.75) is 45.6 Å². The van der Waals surface area contributed by atoms with Crippen molar-refractivity contribution >= 4 is 29.9 Å². The molecule has 0 aromatic rings. The number of aliphatic imine (C=N–C) groups is 1. The standard InChI is InChI=1S/C19H38N4O2.HI/c1-16-12-17(2)14-23(13-16)9-8-22-19(20-3)21-7-5-10-24-15-18-6-4-11-25-18;/h16-18H,4-15H2,1-3H3,(H2,20,21,22);1H. The highest BCUT2D eigenvalue weighted by atomic mass is 127. The van der Waals surface area contributed by atoms with Gasteiger partial charge in [0.25, 0.3) is 0 Å². The summed E-state index contributed by atoms with van der Waals surface area (Å²) in [6, 6.07) is 0. The maximum Gasteiger partial charge on any atom is 0.191 e. The molecule has 0 amide bonds. The van der Waals surface area contributed by atoms with Crippen molar-refractivity contribution in [3.63, 3.8) is 0 Å². The van der Waals surface area contributed by atoms with E-state index in [-0.39, 0.29) is 24.0 Å². The van der Waals surface area contributed by atoms with Gasteiger partial charge in [0.05, 0.1) is 12.7 Å². The maximum atomic E-state index is 5.68. The number of guanidine groups is 1. The van der Waals surface area contributed by atoms with Gasteiger partial charge >= 0.3 is 0 Å². The van der Waals surface area contributed by atoms with Crippen LogP contribution < -0.4 is 10.6 Å². The number of nitrogens with one attached hydrogen (secondary N) is 2. The molecule has 0 aliphatic carbocycles. The first-order valence-corrected chi connectivity index (χ1v) is 10.0. The van der Waals surface area contributed by atoms with Gasteiger partial charge in [0.1, 0.15) is 0 Å². The molecule has 26 heavy (non-hydrogen) atoms. The summed E-state index contributed by atoms with van der Waals surface area (Å²) >= 11 is 0. The van der Waals surface area contributed by atoms with E-state index in [1.165, 1.54) is 25.9 Å². The summed E-state index contributed by atoms with van der Waals surface area (Å²) in [5.41, 5.74) is 0. The van der Waals surface area contributed by atoms with Crippen LogP contribution in [0, 0.1) is 11.8 Å². The molecule has 3 unspecified atom stereocenters. The second kappa shape index (κ2) is 14.0. The van der Waals surface area contributed by atoms with E-state index in [1.54, 1.807) is 0 Å². The van der Waals surface area contributed by atoms with Crippen molar-refractivity contribution in [3.05, 3.63) is 0 Å². The predicted octanol–water partition coefficient (Wildman–Crippen LogP) is 2.33. The van der Waals surface area contributed by atoms with Gasteiger partial charge in [-0.25, -0.2) is 0 Å². The zero-order valence-electron chi connectivity index (χ0n) is 16.8. The lowest BCUT2D eigenvalue weighted by molar-refractivity contribution is 0.0168. The van der Waals surface area contributed by atoms with Crippen LogP contribution in [0.3, 0.4) is 0 Å². The van der Waals surface area contributed by atoms with Crippen LogP contribution >= 0.6 is 24.0 Å². The Bertz CT molecular complexity index is 382. The molecule has 0 spiro atoms. The lowest BCUT2D eigenvalue weighted by atomic mass is 9.92. The monoisotopic (exact) mass is 482 g/mol. The number of piperidine rings is 1. The van der Waals surface area contributed by atoms with Crippen LogP contribution in [0.5, 0.6) is 0 Å². The number of likely N-dealkylation sites (tertiary alicyclic amines) is 1. The van der Waals surface area contributed by atoms with E-state index in [4.69, 9.17) is 9.47 Å². The highest BCUT2D eigenvalue weighted by Crippen LogP contribution is 2.20. The highest BCUT2D eigenvalue weighted by molar-refractivity contribution is 14.0. The van der Waals surface area contributed by atoms with Gasteiger partial charge in [-0.15, -0.1) is 24.0 Å². The normalized spacial score (nSPS) is 27.2. The van der Waals surface area contributed by atoms with Gasteiger partial charge in [0, 0.05) is 53.0 Å². The van der Waals surface area contributed by atoms with Gasteiger partial charge in [0.2, 0.25) is 0 Å².